The number of hydrogen-bond acceptors (Lipinski definition) is 1. The third-order valence-electron chi connectivity index (χ3n) is 0. The van der Waals surface area contributed by atoms with E-state index in [1.165, 1.54) is 0 Å². The van der Waals surface area contributed by atoms with Gasteiger partial charge in [0.2, 0.25) is 0 Å². The normalized spacial score (nSPS) is 4.67. The SMILES string of the molecule is CCO.[CH3][Tl][CH3]. The van der Waals surface area contributed by atoms with Crippen molar-refractivity contribution in [3.05, 3.63) is 0 Å². The standard InChI is InChI=1S/C2H6O.2CH3.Tl/c1-2-3;;;/h3H,2H2,1H3;2*1H3;. The molecule has 1 nitrogen and oxygen atoms in total. The minimum atomic E-state index is -0.000000000000000111. The molecule has 0 saturated heterocycles. The first-order chi connectivity index (χ1) is 2.83. The van der Waals surface area contributed by atoms with Gasteiger partial charge in [0, 0.05) is 6.61 Å². The van der Waals surface area contributed by atoms with Crippen molar-refractivity contribution < 1.29 is 5.11 Å². The van der Waals surface area contributed by atoms with Crippen LogP contribution in [0.15, 0.2) is 0 Å². The molecule has 0 bridgehead atoms. The van der Waals surface area contributed by atoms with Crippen LogP contribution in [0.2, 0.25) is 8.97 Å². The average molecular weight is 281 g/mol. The molecule has 0 unspecified atom stereocenters. The zero-order valence-electron chi connectivity index (χ0n) is 4.73. The van der Waals surface area contributed by atoms with E-state index in [-0.39, 0.29) is 30.8 Å². The van der Waals surface area contributed by atoms with Gasteiger partial charge in [-0.05, 0) is 6.92 Å². The van der Waals surface area contributed by atoms with Crippen molar-refractivity contribution in [2.75, 3.05) is 6.61 Å². The Kier molecular flexibility index (Phi) is 28.1. The van der Waals surface area contributed by atoms with Crippen LogP contribution in [0.4, 0.5) is 0 Å². The van der Waals surface area contributed by atoms with Crippen molar-refractivity contribution in [3.8, 4) is 0 Å². The van der Waals surface area contributed by atoms with E-state index in [2.05, 4.69) is 8.97 Å². The summed E-state index contributed by atoms with van der Waals surface area (Å²) >= 11 is -0.000000000000000111. The third kappa shape index (κ3) is 94.6. The fourth-order valence-corrected chi connectivity index (χ4v) is 0. The molecule has 2 heteroatoms. The van der Waals surface area contributed by atoms with Gasteiger partial charge in [-0.25, -0.2) is 0 Å². The summed E-state index contributed by atoms with van der Waals surface area (Å²) in [4.78, 5) is 0. The van der Waals surface area contributed by atoms with Crippen LogP contribution in [0.5, 0.6) is 0 Å². The molecule has 0 aliphatic carbocycles. The Bertz CT molecular complexity index is 9.51. The quantitative estimate of drug-likeness (QED) is 0.651. The van der Waals surface area contributed by atoms with Gasteiger partial charge in [0.15, 0.2) is 0 Å². The molecule has 0 heterocycles. The molecule has 0 radical (unpaired) electrons. The Morgan fingerprint density at radius 3 is 1.50 bits per heavy atom. The summed E-state index contributed by atoms with van der Waals surface area (Å²) in [6.45, 7) is 1.93. The maximum atomic E-state index is 7.57. The van der Waals surface area contributed by atoms with E-state index in [0.29, 0.717) is 0 Å². The van der Waals surface area contributed by atoms with Gasteiger partial charge >= 0.3 is 33.2 Å². The summed E-state index contributed by atoms with van der Waals surface area (Å²) in [6, 6.07) is 0. The Labute approximate surface area is 52.0 Å². The van der Waals surface area contributed by atoms with Crippen LogP contribution in [0.25, 0.3) is 0 Å². The van der Waals surface area contributed by atoms with Crippen LogP contribution in [0, 0.1) is 0 Å². The molecule has 0 fully saturated rings. The van der Waals surface area contributed by atoms with Gasteiger partial charge in [-0.2, -0.15) is 0 Å². The van der Waals surface area contributed by atoms with Crippen molar-refractivity contribution in [1.82, 2.24) is 0 Å². The van der Waals surface area contributed by atoms with E-state index >= 15 is 0 Å². The topological polar surface area (TPSA) is 20.2 Å². The van der Waals surface area contributed by atoms with E-state index < -0.39 is 0 Å². The van der Waals surface area contributed by atoms with Gasteiger partial charge in [-0.3, -0.25) is 0 Å². The maximum absolute atomic E-state index is 7.57. The number of aliphatic hydroxyl groups is 1. The predicted octanol–water partition coefficient (Wildman–Crippen LogP) is 0.785. The second-order valence-corrected chi connectivity index (χ2v) is 5.38. The summed E-state index contributed by atoms with van der Waals surface area (Å²) in [5.41, 5.74) is 0. The van der Waals surface area contributed by atoms with E-state index in [4.69, 9.17) is 5.11 Å². The van der Waals surface area contributed by atoms with Gasteiger partial charge in [-0.1, -0.05) is 0 Å². The summed E-state index contributed by atoms with van der Waals surface area (Å²) in [7, 11) is 0. The van der Waals surface area contributed by atoms with Crippen molar-refractivity contribution in [2.45, 2.75) is 15.9 Å². The molecule has 0 rings (SSSR count). The molecule has 0 spiro atoms. The first kappa shape index (κ1) is 9.99. The van der Waals surface area contributed by atoms with Crippen LogP contribution in [0.3, 0.4) is 0 Å². The van der Waals surface area contributed by atoms with Crippen LogP contribution in [-0.4, -0.2) is 35.9 Å². The molecule has 0 saturated carbocycles. The van der Waals surface area contributed by atoms with E-state index in [0.717, 1.165) is 0 Å². The zero-order valence-corrected chi connectivity index (χ0v) is 9.22. The second kappa shape index (κ2) is 16.9. The molecule has 0 aromatic heterocycles. The van der Waals surface area contributed by atoms with Gasteiger partial charge in [0.25, 0.3) is 0 Å². The molecule has 0 aromatic rings. The molecule has 0 aliphatic rings. The summed E-state index contributed by atoms with van der Waals surface area (Å²) in [5.74, 6) is 0. The average Bonchev–Trinajstić information content (AvgIpc) is 1.39. The van der Waals surface area contributed by atoms with Crippen molar-refractivity contribution in [3.63, 3.8) is 0 Å². The first-order valence-corrected chi connectivity index (χ1v) is 11.2. The fourth-order valence-electron chi connectivity index (χ4n) is 0. The van der Waals surface area contributed by atoms with Crippen LogP contribution < -0.4 is 0 Å². The van der Waals surface area contributed by atoms with Gasteiger partial charge in [-0.15, -0.1) is 0 Å². The Balaban J connectivity index is 0. The summed E-state index contributed by atoms with van der Waals surface area (Å²) < 4.78 is 4.67. The van der Waals surface area contributed by atoms with E-state index in [9.17, 15) is 0 Å². The summed E-state index contributed by atoms with van der Waals surface area (Å²) in [6.07, 6.45) is 0. The van der Waals surface area contributed by atoms with Crippen LogP contribution in [0.1, 0.15) is 6.92 Å². The van der Waals surface area contributed by atoms with Crippen LogP contribution >= 0.6 is 0 Å². The van der Waals surface area contributed by atoms with Crippen molar-refractivity contribution in [1.29, 1.82) is 0 Å². The number of rotatable bonds is 0. The van der Waals surface area contributed by atoms with Crippen molar-refractivity contribution >= 4 is 24.2 Å². The fraction of sp³-hybridized carbons (Fsp3) is 1.00. The first-order valence-electron chi connectivity index (χ1n) is 2.18. The molecule has 0 aliphatic heterocycles. The molecular weight excluding hydrogens is 268 g/mol. The molecule has 0 amide bonds. The number of hydrogen-bond donors (Lipinski definition) is 1. The molecule has 1 N–H and O–H groups in total. The zero-order chi connectivity index (χ0) is 5.41. The second-order valence-electron chi connectivity index (χ2n) is 0.894. The van der Waals surface area contributed by atoms with Gasteiger partial charge < -0.3 is 5.11 Å². The Hall–Kier alpha value is 0.882. The minimum absolute atomic E-state index is 0.000000000000000111. The van der Waals surface area contributed by atoms with Crippen molar-refractivity contribution in [2.24, 2.45) is 0 Å². The van der Waals surface area contributed by atoms with Gasteiger partial charge in [0.05, 0.1) is 0 Å². The monoisotopic (exact) mass is 281 g/mol. The molecule has 0 atom stereocenters. The third-order valence-corrected chi connectivity index (χ3v) is 0. The van der Waals surface area contributed by atoms with E-state index in [1.54, 1.807) is 6.92 Å². The van der Waals surface area contributed by atoms with Crippen LogP contribution in [-0.2, 0) is 0 Å². The number of aliphatic hydroxyl groups excluding tert-OH is 1. The summed E-state index contributed by atoms with van der Waals surface area (Å²) in [5, 5.41) is 7.57. The Morgan fingerprint density at radius 1 is 1.50 bits per heavy atom. The molecule has 0 aromatic carbocycles. The molecule has 37 valence electrons. The van der Waals surface area contributed by atoms with E-state index in [1.807, 2.05) is 0 Å². The predicted molar refractivity (Wildman–Crippen MR) is 30.2 cm³/mol. The molecular formula is C4H12OTl. The molecule has 6 heavy (non-hydrogen) atoms. The Morgan fingerprint density at radius 2 is 1.50 bits per heavy atom. The van der Waals surface area contributed by atoms with Gasteiger partial charge in [0.1, 0.15) is 0 Å².